The van der Waals surface area contributed by atoms with Gasteiger partial charge in [-0.1, -0.05) is 31.5 Å². The number of amides is 1. The molecule has 0 bridgehead atoms. The first-order valence-corrected chi connectivity index (χ1v) is 9.99. The van der Waals surface area contributed by atoms with Gasteiger partial charge in [-0.25, -0.2) is 9.97 Å². The molecular weight excluding hydrogens is 380 g/mol. The Morgan fingerprint density at radius 1 is 1.10 bits per heavy atom. The summed E-state index contributed by atoms with van der Waals surface area (Å²) >= 11 is 0. The number of hydrogen-bond donors (Lipinski definition) is 2. The van der Waals surface area contributed by atoms with Crippen LogP contribution in [0.3, 0.4) is 0 Å². The van der Waals surface area contributed by atoms with E-state index in [1.165, 1.54) is 11.9 Å². The molecule has 1 heterocycles. The minimum atomic E-state index is -1.11. The van der Waals surface area contributed by atoms with E-state index in [1.807, 2.05) is 32.9 Å². The molecular formula is C23H28N4O3. The van der Waals surface area contributed by atoms with Crippen molar-refractivity contribution in [2.75, 3.05) is 12.4 Å². The number of hydrogen-bond acceptors (Lipinski definition) is 6. The average Bonchev–Trinajstić information content (AvgIpc) is 2.73. The second kappa shape index (κ2) is 8.57. The summed E-state index contributed by atoms with van der Waals surface area (Å²) in [6.45, 7) is 7.84. The van der Waals surface area contributed by atoms with E-state index in [1.54, 1.807) is 19.2 Å². The quantitative estimate of drug-likeness (QED) is 0.572. The van der Waals surface area contributed by atoms with Crippen molar-refractivity contribution in [1.29, 1.82) is 0 Å². The third kappa shape index (κ3) is 4.01. The number of nitrogens with zero attached hydrogens (tertiary/aromatic N) is 2. The number of benzene rings is 2. The van der Waals surface area contributed by atoms with Crippen LogP contribution in [0, 0.1) is 13.8 Å². The van der Waals surface area contributed by atoms with Crippen LogP contribution in [-0.2, 0) is 4.79 Å². The number of carbonyl (C=O) groups excluding carboxylic acids is 1. The summed E-state index contributed by atoms with van der Waals surface area (Å²) in [4.78, 5) is 20.9. The molecule has 0 fully saturated rings. The predicted octanol–water partition coefficient (Wildman–Crippen LogP) is 4.42. The van der Waals surface area contributed by atoms with Gasteiger partial charge in [-0.3, -0.25) is 4.79 Å². The summed E-state index contributed by atoms with van der Waals surface area (Å²) < 4.78 is 11.7. The number of primary amides is 1. The lowest BCUT2D eigenvalue weighted by Crippen LogP contribution is -2.48. The molecule has 0 saturated heterocycles. The monoisotopic (exact) mass is 408 g/mol. The smallest absolute Gasteiger partial charge is 0.261 e. The van der Waals surface area contributed by atoms with Crippen molar-refractivity contribution < 1.29 is 14.3 Å². The van der Waals surface area contributed by atoms with E-state index in [0.717, 1.165) is 16.6 Å². The lowest BCUT2D eigenvalue weighted by molar-refractivity contribution is -0.134. The van der Waals surface area contributed by atoms with Gasteiger partial charge >= 0.3 is 0 Å². The Balaban J connectivity index is 2.11. The highest BCUT2D eigenvalue weighted by Crippen LogP contribution is 2.38. The molecule has 3 rings (SSSR count). The fourth-order valence-corrected chi connectivity index (χ4v) is 3.49. The lowest BCUT2D eigenvalue weighted by Gasteiger charge is -2.30. The van der Waals surface area contributed by atoms with Gasteiger partial charge in [0, 0.05) is 17.1 Å². The number of aromatic nitrogens is 2. The molecule has 0 aliphatic rings. The van der Waals surface area contributed by atoms with E-state index in [2.05, 4.69) is 28.3 Å². The minimum Gasteiger partial charge on any atom is -0.493 e. The van der Waals surface area contributed by atoms with Gasteiger partial charge < -0.3 is 20.5 Å². The van der Waals surface area contributed by atoms with Gasteiger partial charge in [-0.05, 0) is 44.4 Å². The molecule has 7 nitrogen and oxygen atoms in total. The Kier molecular flexibility index (Phi) is 6.10. The molecule has 0 spiro atoms. The lowest BCUT2D eigenvalue weighted by atomic mass is 9.96. The summed E-state index contributed by atoms with van der Waals surface area (Å²) in [6, 6.07) is 9.73. The van der Waals surface area contributed by atoms with Crippen LogP contribution in [0.5, 0.6) is 11.5 Å². The van der Waals surface area contributed by atoms with Crippen molar-refractivity contribution >= 4 is 28.3 Å². The van der Waals surface area contributed by atoms with Crippen molar-refractivity contribution in [2.45, 2.75) is 46.1 Å². The molecule has 0 saturated carbocycles. The number of ether oxygens (including phenoxy) is 2. The molecule has 3 N–H and O–H groups in total. The van der Waals surface area contributed by atoms with Crippen molar-refractivity contribution in [3.8, 4) is 11.5 Å². The number of aryl methyl sites for hydroxylation is 2. The van der Waals surface area contributed by atoms with Crippen LogP contribution in [-0.4, -0.2) is 28.6 Å². The topological polar surface area (TPSA) is 99.4 Å². The standard InChI is InChI=1S/C23H28N4O3/c1-6-23(7-2,22(24)28)30-20-11-16-18(12-19(20)29-5)25-13-26-21(16)27-17-9-8-14(3)10-15(17)4/h8-13H,6-7H2,1-5H3,(H2,24,28)(H,25,26,27). The van der Waals surface area contributed by atoms with E-state index >= 15 is 0 Å². The Hall–Kier alpha value is -3.35. The Morgan fingerprint density at radius 2 is 1.83 bits per heavy atom. The van der Waals surface area contributed by atoms with Gasteiger partial charge in [0.05, 0.1) is 12.6 Å². The molecule has 0 aliphatic carbocycles. The first-order valence-electron chi connectivity index (χ1n) is 9.99. The number of nitrogens with two attached hydrogens (primary N) is 1. The zero-order valence-corrected chi connectivity index (χ0v) is 18.1. The van der Waals surface area contributed by atoms with Crippen LogP contribution in [0.1, 0.15) is 37.8 Å². The molecule has 7 heteroatoms. The highest BCUT2D eigenvalue weighted by atomic mass is 16.5. The average molecular weight is 409 g/mol. The zero-order valence-electron chi connectivity index (χ0n) is 18.1. The first-order chi connectivity index (χ1) is 14.3. The molecule has 3 aromatic rings. The number of carbonyl (C=O) groups is 1. The Bertz CT molecular complexity index is 1080. The summed E-state index contributed by atoms with van der Waals surface area (Å²) in [7, 11) is 1.55. The van der Waals surface area contributed by atoms with Gasteiger partial charge in [0.25, 0.3) is 5.91 Å². The molecule has 1 aromatic heterocycles. The fraction of sp³-hybridized carbons (Fsp3) is 0.348. The maximum Gasteiger partial charge on any atom is 0.261 e. The van der Waals surface area contributed by atoms with E-state index < -0.39 is 11.5 Å². The molecule has 0 aliphatic heterocycles. The third-order valence-electron chi connectivity index (χ3n) is 5.45. The molecule has 2 aromatic carbocycles. The highest BCUT2D eigenvalue weighted by molar-refractivity contribution is 5.93. The van der Waals surface area contributed by atoms with Crippen LogP contribution in [0.15, 0.2) is 36.7 Å². The van der Waals surface area contributed by atoms with Crippen LogP contribution in [0.25, 0.3) is 10.9 Å². The van der Waals surface area contributed by atoms with Gasteiger partial charge in [0.2, 0.25) is 0 Å². The largest absolute Gasteiger partial charge is 0.493 e. The van der Waals surface area contributed by atoms with Gasteiger partial charge in [-0.15, -0.1) is 0 Å². The summed E-state index contributed by atoms with van der Waals surface area (Å²) in [6.07, 6.45) is 2.39. The highest BCUT2D eigenvalue weighted by Gasteiger charge is 2.36. The van der Waals surface area contributed by atoms with Crippen molar-refractivity contribution in [3.63, 3.8) is 0 Å². The van der Waals surface area contributed by atoms with Crippen LogP contribution >= 0.6 is 0 Å². The summed E-state index contributed by atoms with van der Waals surface area (Å²) in [5.74, 6) is 1.03. The van der Waals surface area contributed by atoms with Gasteiger partial charge in [-0.2, -0.15) is 0 Å². The minimum absolute atomic E-state index is 0.422. The van der Waals surface area contributed by atoms with Crippen molar-refractivity contribution in [3.05, 3.63) is 47.8 Å². The molecule has 158 valence electrons. The summed E-state index contributed by atoms with van der Waals surface area (Å²) in [5.41, 5.74) is 8.49. The SMILES string of the molecule is CCC(CC)(Oc1cc2c(Nc3ccc(C)cc3C)ncnc2cc1OC)C(N)=O. The number of anilines is 2. The fourth-order valence-electron chi connectivity index (χ4n) is 3.49. The van der Waals surface area contributed by atoms with E-state index in [4.69, 9.17) is 15.2 Å². The second-order valence-electron chi connectivity index (χ2n) is 7.35. The number of methoxy groups -OCH3 is 1. The Labute approximate surface area is 176 Å². The Morgan fingerprint density at radius 3 is 2.43 bits per heavy atom. The van der Waals surface area contributed by atoms with Crippen LogP contribution in [0.4, 0.5) is 11.5 Å². The van der Waals surface area contributed by atoms with Crippen molar-refractivity contribution in [1.82, 2.24) is 9.97 Å². The first kappa shape index (κ1) is 21.4. The molecule has 1 amide bonds. The maximum atomic E-state index is 12.1. The van der Waals surface area contributed by atoms with Gasteiger partial charge in [0.1, 0.15) is 12.1 Å². The molecule has 30 heavy (non-hydrogen) atoms. The van der Waals surface area contributed by atoms with E-state index in [9.17, 15) is 4.79 Å². The maximum absolute atomic E-state index is 12.1. The number of fused-ring (bicyclic) bond motifs is 1. The predicted molar refractivity (Wildman–Crippen MR) is 118 cm³/mol. The normalized spacial score (nSPS) is 11.4. The van der Waals surface area contributed by atoms with E-state index in [0.29, 0.717) is 35.7 Å². The molecule has 0 radical (unpaired) electrons. The number of rotatable bonds is 8. The number of nitrogens with one attached hydrogen (secondary N) is 1. The summed E-state index contributed by atoms with van der Waals surface area (Å²) in [5, 5.41) is 4.13. The molecule has 0 atom stereocenters. The van der Waals surface area contributed by atoms with E-state index in [-0.39, 0.29) is 0 Å². The zero-order chi connectivity index (χ0) is 21.9. The van der Waals surface area contributed by atoms with Gasteiger partial charge in [0.15, 0.2) is 17.1 Å². The van der Waals surface area contributed by atoms with Crippen molar-refractivity contribution in [2.24, 2.45) is 5.73 Å². The van der Waals surface area contributed by atoms with Crippen LogP contribution in [0.2, 0.25) is 0 Å². The third-order valence-corrected chi connectivity index (χ3v) is 5.45. The molecule has 0 unspecified atom stereocenters. The van der Waals surface area contributed by atoms with Crippen LogP contribution < -0.4 is 20.5 Å². The second-order valence-corrected chi connectivity index (χ2v) is 7.35.